The van der Waals surface area contributed by atoms with Crippen molar-refractivity contribution in [1.82, 2.24) is 4.72 Å². The second-order valence-corrected chi connectivity index (χ2v) is 6.20. The zero-order chi connectivity index (χ0) is 14.7. The van der Waals surface area contributed by atoms with E-state index in [9.17, 15) is 17.2 Å². The molecule has 0 radical (unpaired) electrons. The van der Waals surface area contributed by atoms with Gasteiger partial charge in [0.1, 0.15) is 16.5 Å². The maximum Gasteiger partial charge on any atom is 0.243 e. The minimum atomic E-state index is -4.11. The van der Waals surface area contributed by atoms with Gasteiger partial charge in [-0.2, -0.15) is 0 Å². The highest BCUT2D eigenvalue weighted by atomic mass is 32.2. The van der Waals surface area contributed by atoms with Gasteiger partial charge in [-0.3, -0.25) is 0 Å². The number of hydrogen-bond donors (Lipinski definition) is 2. The first-order chi connectivity index (χ1) is 8.74. The smallest absolute Gasteiger partial charge is 0.243 e. The fourth-order valence-corrected chi connectivity index (χ4v) is 2.73. The van der Waals surface area contributed by atoms with E-state index in [0.29, 0.717) is 18.9 Å². The molecule has 0 fully saturated rings. The molecular weight excluding hydrogens is 274 g/mol. The average Bonchev–Trinajstić information content (AvgIpc) is 2.39. The Morgan fingerprint density at radius 2 is 1.84 bits per heavy atom. The van der Waals surface area contributed by atoms with E-state index in [0.717, 1.165) is 12.1 Å². The predicted octanol–water partition coefficient (Wildman–Crippen LogP) is 1.76. The molecular formula is C12H18F2N2O2S. The van der Waals surface area contributed by atoms with E-state index in [-0.39, 0.29) is 6.54 Å². The molecule has 3 N–H and O–H groups in total. The number of rotatable bonds is 6. The van der Waals surface area contributed by atoms with Crippen molar-refractivity contribution in [2.75, 3.05) is 6.54 Å². The Hall–Kier alpha value is -1.05. The molecule has 0 bridgehead atoms. The number of halogens is 2. The summed E-state index contributed by atoms with van der Waals surface area (Å²) in [6.07, 6.45) is 1.13. The van der Waals surface area contributed by atoms with E-state index >= 15 is 0 Å². The van der Waals surface area contributed by atoms with Crippen molar-refractivity contribution in [2.45, 2.75) is 37.1 Å². The normalized spacial score (nSPS) is 12.7. The molecule has 0 unspecified atom stereocenters. The fourth-order valence-electron chi connectivity index (χ4n) is 1.50. The summed E-state index contributed by atoms with van der Waals surface area (Å²) in [7, 11) is -4.11. The molecule has 0 atom stereocenters. The summed E-state index contributed by atoms with van der Waals surface area (Å²) in [5, 5.41) is 0. The Labute approximate surface area is 112 Å². The first-order valence-corrected chi connectivity index (χ1v) is 7.46. The van der Waals surface area contributed by atoms with Gasteiger partial charge in [0.05, 0.1) is 0 Å². The lowest BCUT2D eigenvalue weighted by atomic mass is 9.95. The Morgan fingerprint density at radius 1 is 1.26 bits per heavy atom. The summed E-state index contributed by atoms with van der Waals surface area (Å²) in [6, 6.07) is 2.28. The molecule has 0 aromatic heterocycles. The van der Waals surface area contributed by atoms with Crippen molar-refractivity contribution in [3.05, 3.63) is 29.8 Å². The lowest BCUT2D eigenvalue weighted by molar-refractivity contribution is 0.391. The van der Waals surface area contributed by atoms with Crippen LogP contribution in [-0.2, 0) is 10.0 Å². The molecule has 1 aromatic rings. The molecule has 0 spiro atoms. The maximum absolute atomic E-state index is 13.4. The van der Waals surface area contributed by atoms with Crippen molar-refractivity contribution >= 4 is 10.0 Å². The number of hydrogen-bond acceptors (Lipinski definition) is 3. The topological polar surface area (TPSA) is 72.2 Å². The van der Waals surface area contributed by atoms with Crippen molar-refractivity contribution in [3.8, 4) is 0 Å². The van der Waals surface area contributed by atoms with Gasteiger partial charge in [0.2, 0.25) is 10.0 Å². The van der Waals surface area contributed by atoms with Gasteiger partial charge < -0.3 is 5.73 Å². The molecule has 108 valence electrons. The van der Waals surface area contributed by atoms with Gasteiger partial charge in [0.25, 0.3) is 0 Å². The second kappa shape index (κ2) is 5.94. The molecule has 4 nitrogen and oxygen atoms in total. The largest absolute Gasteiger partial charge is 0.324 e. The molecule has 0 amide bonds. The number of sulfonamides is 1. The van der Waals surface area contributed by atoms with Crippen LogP contribution in [0.1, 0.15) is 26.7 Å². The third-order valence-electron chi connectivity index (χ3n) is 3.21. The highest BCUT2D eigenvalue weighted by Gasteiger charge is 2.26. The third-order valence-corrected chi connectivity index (χ3v) is 4.62. The SMILES string of the molecule is CCC(N)(CC)CNS(=O)(=O)c1cc(F)ccc1F. The zero-order valence-electron chi connectivity index (χ0n) is 10.9. The van der Waals surface area contributed by atoms with Crippen molar-refractivity contribution in [3.63, 3.8) is 0 Å². The standard InChI is InChI=1S/C12H18F2N2O2S/c1-3-12(15,4-2)8-16-19(17,18)11-7-9(13)5-6-10(11)14/h5-7,16H,3-4,8,15H2,1-2H3. The van der Waals surface area contributed by atoms with Crippen LogP contribution in [0.25, 0.3) is 0 Å². The van der Waals surface area contributed by atoms with Gasteiger partial charge in [0.15, 0.2) is 0 Å². The van der Waals surface area contributed by atoms with Crippen molar-refractivity contribution in [2.24, 2.45) is 5.73 Å². The first-order valence-electron chi connectivity index (χ1n) is 5.97. The van der Waals surface area contributed by atoms with Gasteiger partial charge in [-0.1, -0.05) is 13.8 Å². The van der Waals surface area contributed by atoms with Crippen LogP contribution in [0.5, 0.6) is 0 Å². The number of nitrogens with one attached hydrogen (secondary N) is 1. The molecule has 0 aliphatic rings. The number of benzene rings is 1. The van der Waals surface area contributed by atoms with Crippen molar-refractivity contribution < 1.29 is 17.2 Å². The second-order valence-electron chi connectivity index (χ2n) is 4.47. The number of nitrogens with two attached hydrogens (primary N) is 1. The highest BCUT2D eigenvalue weighted by Crippen LogP contribution is 2.17. The molecule has 0 saturated carbocycles. The molecule has 19 heavy (non-hydrogen) atoms. The summed E-state index contributed by atoms with van der Waals surface area (Å²) >= 11 is 0. The van der Waals surface area contributed by atoms with Gasteiger partial charge in [-0.15, -0.1) is 0 Å². The van der Waals surface area contributed by atoms with Gasteiger partial charge >= 0.3 is 0 Å². The van der Waals surface area contributed by atoms with Gasteiger partial charge in [-0.25, -0.2) is 21.9 Å². The van der Waals surface area contributed by atoms with Gasteiger partial charge in [-0.05, 0) is 31.0 Å². The van der Waals surface area contributed by atoms with E-state index in [4.69, 9.17) is 5.73 Å². The minimum Gasteiger partial charge on any atom is -0.324 e. The predicted molar refractivity (Wildman–Crippen MR) is 69.0 cm³/mol. The summed E-state index contributed by atoms with van der Waals surface area (Å²) in [5.74, 6) is -1.81. The average molecular weight is 292 g/mol. The maximum atomic E-state index is 13.4. The van der Waals surface area contributed by atoms with Crippen LogP contribution in [0.15, 0.2) is 23.1 Å². The summed E-state index contributed by atoms with van der Waals surface area (Å²) in [4.78, 5) is -0.706. The van der Waals surface area contributed by atoms with E-state index in [1.807, 2.05) is 13.8 Å². The van der Waals surface area contributed by atoms with Crippen LogP contribution in [-0.4, -0.2) is 20.5 Å². The summed E-state index contributed by atoms with van der Waals surface area (Å²) in [5.41, 5.74) is 5.26. The molecule has 7 heteroatoms. The van der Waals surface area contributed by atoms with E-state index in [2.05, 4.69) is 4.72 Å². The highest BCUT2D eigenvalue weighted by molar-refractivity contribution is 7.89. The Balaban J connectivity index is 2.96. The van der Waals surface area contributed by atoms with Gasteiger partial charge in [0, 0.05) is 12.1 Å². The Morgan fingerprint density at radius 3 is 2.37 bits per heavy atom. The minimum absolute atomic E-state index is 0.0295. The quantitative estimate of drug-likeness (QED) is 0.839. The molecule has 1 aromatic carbocycles. The van der Waals surface area contributed by atoms with Crippen LogP contribution in [0.3, 0.4) is 0 Å². The monoisotopic (exact) mass is 292 g/mol. The summed E-state index contributed by atoms with van der Waals surface area (Å²) in [6.45, 7) is 3.64. The van der Waals surface area contributed by atoms with Crippen LogP contribution >= 0.6 is 0 Å². The molecule has 0 aliphatic heterocycles. The first kappa shape index (κ1) is 16.0. The van der Waals surface area contributed by atoms with Crippen LogP contribution in [0.4, 0.5) is 8.78 Å². The molecule has 0 saturated heterocycles. The van der Waals surface area contributed by atoms with Crippen molar-refractivity contribution in [1.29, 1.82) is 0 Å². The van der Waals surface area contributed by atoms with Crippen LogP contribution in [0.2, 0.25) is 0 Å². The fraction of sp³-hybridized carbons (Fsp3) is 0.500. The van der Waals surface area contributed by atoms with E-state index < -0.39 is 32.1 Å². The van der Waals surface area contributed by atoms with E-state index in [1.54, 1.807) is 0 Å². The van der Waals surface area contributed by atoms with Crippen LogP contribution in [0, 0.1) is 11.6 Å². The lowest BCUT2D eigenvalue weighted by Gasteiger charge is -2.26. The lowest BCUT2D eigenvalue weighted by Crippen LogP contribution is -2.49. The molecule has 0 heterocycles. The van der Waals surface area contributed by atoms with E-state index in [1.165, 1.54) is 0 Å². The molecule has 1 rings (SSSR count). The summed E-state index contributed by atoms with van der Waals surface area (Å²) < 4.78 is 52.5. The Kier molecular flexibility index (Phi) is 5.00. The third kappa shape index (κ3) is 3.95. The zero-order valence-corrected chi connectivity index (χ0v) is 11.7. The molecule has 0 aliphatic carbocycles. The Bertz CT molecular complexity index is 543. The van der Waals surface area contributed by atoms with Crippen LogP contribution < -0.4 is 10.5 Å².